The van der Waals surface area contributed by atoms with Gasteiger partial charge in [-0.2, -0.15) is 0 Å². The molecule has 1 aromatic heterocycles. The third-order valence-electron chi connectivity index (χ3n) is 2.19. The number of aromatic hydroxyl groups is 1. The van der Waals surface area contributed by atoms with Gasteiger partial charge in [0.1, 0.15) is 0 Å². The highest BCUT2D eigenvalue weighted by atomic mass is 79.9. The van der Waals surface area contributed by atoms with E-state index in [1.165, 1.54) is 12.3 Å². The minimum absolute atomic E-state index is 0.0981. The number of pyridine rings is 1. The average molecular weight is 328 g/mol. The molecule has 0 saturated heterocycles. The smallest absolute Gasteiger partial charge is 0.258 e. The quantitative estimate of drug-likeness (QED) is 0.888. The van der Waals surface area contributed by atoms with Crippen molar-refractivity contribution in [2.24, 2.45) is 0 Å². The number of nitrogens with one attached hydrogen (secondary N) is 1. The lowest BCUT2D eigenvalue weighted by atomic mass is 10.2. The van der Waals surface area contributed by atoms with Crippen molar-refractivity contribution in [2.75, 3.05) is 5.32 Å². The highest BCUT2D eigenvalue weighted by Crippen LogP contribution is 2.24. The normalized spacial score (nSPS) is 10.1. The van der Waals surface area contributed by atoms with Gasteiger partial charge in [0.25, 0.3) is 5.91 Å². The van der Waals surface area contributed by atoms with Crippen LogP contribution in [-0.2, 0) is 0 Å². The van der Waals surface area contributed by atoms with Crippen LogP contribution < -0.4 is 5.32 Å². The number of halogens is 2. The monoisotopic (exact) mass is 326 g/mol. The van der Waals surface area contributed by atoms with Crippen molar-refractivity contribution in [2.45, 2.75) is 0 Å². The van der Waals surface area contributed by atoms with Gasteiger partial charge in [0.15, 0.2) is 11.6 Å². The van der Waals surface area contributed by atoms with E-state index in [2.05, 4.69) is 26.2 Å². The van der Waals surface area contributed by atoms with Gasteiger partial charge in [-0.1, -0.05) is 27.5 Å². The first-order valence-electron chi connectivity index (χ1n) is 4.98. The molecular formula is C12H8BrClN2O2. The third kappa shape index (κ3) is 2.80. The molecule has 0 atom stereocenters. The number of aromatic nitrogens is 1. The Hall–Kier alpha value is -1.59. The van der Waals surface area contributed by atoms with Crippen LogP contribution in [0.4, 0.5) is 5.82 Å². The van der Waals surface area contributed by atoms with Crippen LogP contribution >= 0.6 is 27.5 Å². The third-order valence-corrected chi connectivity index (χ3v) is 3.00. The summed E-state index contributed by atoms with van der Waals surface area (Å²) in [6.45, 7) is 0. The van der Waals surface area contributed by atoms with Gasteiger partial charge in [0, 0.05) is 10.7 Å². The molecule has 0 fully saturated rings. The summed E-state index contributed by atoms with van der Waals surface area (Å²) in [6.07, 6.45) is 1.47. The highest BCUT2D eigenvalue weighted by Gasteiger charge is 2.13. The van der Waals surface area contributed by atoms with E-state index in [0.29, 0.717) is 10.6 Å². The van der Waals surface area contributed by atoms with Gasteiger partial charge in [-0.3, -0.25) is 4.79 Å². The largest absolute Gasteiger partial charge is 0.504 e. The predicted octanol–water partition coefficient (Wildman–Crippen LogP) is 3.46. The van der Waals surface area contributed by atoms with E-state index in [1.807, 2.05) is 0 Å². The predicted molar refractivity (Wildman–Crippen MR) is 73.0 cm³/mol. The topological polar surface area (TPSA) is 62.2 Å². The second-order valence-corrected chi connectivity index (χ2v) is 4.77. The van der Waals surface area contributed by atoms with E-state index in [4.69, 9.17) is 11.6 Å². The van der Waals surface area contributed by atoms with Crippen molar-refractivity contribution >= 4 is 39.3 Å². The van der Waals surface area contributed by atoms with Gasteiger partial charge in [0.05, 0.1) is 10.6 Å². The van der Waals surface area contributed by atoms with Gasteiger partial charge in [-0.05, 0) is 30.3 Å². The second kappa shape index (κ2) is 5.37. The molecular weight excluding hydrogens is 320 g/mol. The Bertz CT molecular complexity index is 604. The molecule has 2 aromatic rings. The molecule has 6 heteroatoms. The van der Waals surface area contributed by atoms with Gasteiger partial charge in [-0.15, -0.1) is 0 Å². The Labute approximate surface area is 117 Å². The molecule has 4 nitrogen and oxygen atoms in total. The van der Waals surface area contributed by atoms with E-state index >= 15 is 0 Å². The summed E-state index contributed by atoms with van der Waals surface area (Å²) < 4.78 is 0.782. The first-order chi connectivity index (χ1) is 8.58. The number of carbonyl (C=O) groups excluding carboxylic acids is 1. The Morgan fingerprint density at radius 1 is 1.39 bits per heavy atom. The number of nitrogens with zero attached hydrogens (tertiary/aromatic N) is 1. The molecule has 18 heavy (non-hydrogen) atoms. The molecule has 0 aliphatic rings. The number of amides is 1. The second-order valence-electron chi connectivity index (χ2n) is 3.45. The molecule has 92 valence electrons. The summed E-state index contributed by atoms with van der Waals surface area (Å²) in [5, 5.41) is 12.3. The molecule has 2 N–H and O–H groups in total. The maximum absolute atomic E-state index is 11.9. The first kappa shape index (κ1) is 12.9. The fourth-order valence-corrected chi connectivity index (χ4v) is 2.10. The zero-order chi connectivity index (χ0) is 13.1. The summed E-state index contributed by atoms with van der Waals surface area (Å²) in [5.74, 6) is -0.429. The Balaban J connectivity index is 2.25. The first-order valence-corrected chi connectivity index (χ1v) is 6.15. The SMILES string of the molecule is O=C(Nc1ncccc1O)c1ccc(Br)cc1Cl. The van der Waals surface area contributed by atoms with Crippen molar-refractivity contribution in [1.82, 2.24) is 4.98 Å². The Morgan fingerprint density at radius 3 is 2.83 bits per heavy atom. The summed E-state index contributed by atoms with van der Waals surface area (Å²) in [5.41, 5.74) is 0.310. The molecule has 1 aromatic carbocycles. The lowest BCUT2D eigenvalue weighted by Crippen LogP contribution is -2.13. The fraction of sp³-hybridized carbons (Fsp3) is 0. The summed E-state index contributed by atoms with van der Waals surface area (Å²) >= 11 is 9.21. The van der Waals surface area contributed by atoms with Gasteiger partial charge < -0.3 is 10.4 Å². The lowest BCUT2D eigenvalue weighted by Gasteiger charge is -2.07. The number of hydrogen-bond acceptors (Lipinski definition) is 3. The van der Waals surface area contributed by atoms with Crippen LogP contribution in [0.15, 0.2) is 41.0 Å². The number of benzene rings is 1. The maximum Gasteiger partial charge on any atom is 0.258 e. The molecule has 0 unspecified atom stereocenters. The standard InChI is InChI=1S/C12H8BrClN2O2/c13-7-3-4-8(9(14)6-7)12(18)16-11-10(17)2-1-5-15-11/h1-6,17H,(H,15,16,18). The molecule has 1 heterocycles. The van der Waals surface area contributed by atoms with Crippen LogP contribution in [-0.4, -0.2) is 16.0 Å². The van der Waals surface area contributed by atoms with Crippen LogP contribution in [0.5, 0.6) is 5.75 Å². The van der Waals surface area contributed by atoms with Crippen molar-refractivity contribution < 1.29 is 9.90 Å². The molecule has 0 bridgehead atoms. The number of hydrogen-bond donors (Lipinski definition) is 2. The number of rotatable bonds is 2. The highest BCUT2D eigenvalue weighted by molar-refractivity contribution is 9.10. The zero-order valence-corrected chi connectivity index (χ0v) is 11.4. The summed E-state index contributed by atoms with van der Waals surface area (Å²) in [7, 11) is 0. The van der Waals surface area contributed by atoms with Crippen molar-refractivity contribution in [3.63, 3.8) is 0 Å². The van der Waals surface area contributed by atoms with Crippen LogP contribution in [0.3, 0.4) is 0 Å². The van der Waals surface area contributed by atoms with Crippen LogP contribution in [0, 0.1) is 0 Å². The number of anilines is 1. The summed E-state index contributed by atoms with van der Waals surface area (Å²) in [4.78, 5) is 15.8. The van der Waals surface area contributed by atoms with Crippen LogP contribution in [0.2, 0.25) is 5.02 Å². The Kier molecular flexibility index (Phi) is 3.84. The van der Waals surface area contributed by atoms with E-state index in [9.17, 15) is 9.90 Å². The van der Waals surface area contributed by atoms with Gasteiger partial charge in [-0.25, -0.2) is 4.98 Å². The van der Waals surface area contributed by atoms with E-state index in [1.54, 1.807) is 24.3 Å². The van der Waals surface area contributed by atoms with Crippen LogP contribution in [0.25, 0.3) is 0 Å². The summed E-state index contributed by atoms with van der Waals surface area (Å²) in [6, 6.07) is 7.92. The average Bonchev–Trinajstić information content (AvgIpc) is 2.32. The minimum atomic E-state index is -0.429. The molecule has 0 saturated carbocycles. The molecule has 1 amide bonds. The van der Waals surface area contributed by atoms with Crippen molar-refractivity contribution in [1.29, 1.82) is 0 Å². The molecule has 0 aliphatic carbocycles. The lowest BCUT2D eigenvalue weighted by molar-refractivity contribution is 0.102. The van der Waals surface area contributed by atoms with E-state index < -0.39 is 5.91 Å². The Morgan fingerprint density at radius 2 is 2.17 bits per heavy atom. The van der Waals surface area contributed by atoms with E-state index in [0.717, 1.165) is 4.47 Å². The minimum Gasteiger partial charge on any atom is -0.504 e. The van der Waals surface area contributed by atoms with Crippen LogP contribution in [0.1, 0.15) is 10.4 Å². The molecule has 0 spiro atoms. The fourth-order valence-electron chi connectivity index (χ4n) is 1.34. The number of carbonyl (C=O) groups is 1. The maximum atomic E-state index is 11.9. The van der Waals surface area contributed by atoms with Gasteiger partial charge >= 0.3 is 0 Å². The molecule has 2 rings (SSSR count). The van der Waals surface area contributed by atoms with Crippen molar-refractivity contribution in [3.05, 3.63) is 51.6 Å². The van der Waals surface area contributed by atoms with Crippen molar-refractivity contribution in [3.8, 4) is 5.75 Å². The van der Waals surface area contributed by atoms with Gasteiger partial charge in [0.2, 0.25) is 0 Å². The zero-order valence-electron chi connectivity index (χ0n) is 9.02. The molecule has 0 radical (unpaired) electrons. The molecule has 0 aliphatic heterocycles. The van der Waals surface area contributed by atoms with E-state index in [-0.39, 0.29) is 11.6 Å².